The second-order valence-electron chi connectivity index (χ2n) is 3.90. The van der Waals surface area contributed by atoms with E-state index in [1.54, 1.807) is 4.57 Å². The van der Waals surface area contributed by atoms with Crippen LogP contribution >= 0.6 is 0 Å². The molecule has 5 nitrogen and oxygen atoms in total. The topological polar surface area (TPSA) is 72.2 Å². The van der Waals surface area contributed by atoms with Crippen LogP contribution in [0.4, 0.5) is 4.39 Å². The molecule has 0 saturated carbocycles. The maximum absolute atomic E-state index is 13.1. The Labute approximate surface area is 102 Å². The number of rotatable bonds is 3. The van der Waals surface area contributed by atoms with Crippen LogP contribution in [0.25, 0.3) is 11.0 Å². The van der Waals surface area contributed by atoms with Gasteiger partial charge in [0.2, 0.25) is 5.43 Å². The van der Waals surface area contributed by atoms with Crippen molar-refractivity contribution in [2.45, 2.75) is 19.9 Å². The van der Waals surface area contributed by atoms with Gasteiger partial charge in [-0.15, -0.1) is 0 Å². The van der Waals surface area contributed by atoms with E-state index in [0.717, 1.165) is 18.7 Å². The Hall–Kier alpha value is -2.24. The number of halogens is 1. The lowest BCUT2D eigenvalue weighted by Crippen LogP contribution is -2.19. The lowest BCUT2D eigenvalue weighted by molar-refractivity contribution is 0.0695. The van der Waals surface area contributed by atoms with Crippen LogP contribution in [0, 0.1) is 5.82 Å². The van der Waals surface area contributed by atoms with Crippen LogP contribution in [-0.4, -0.2) is 20.6 Å². The summed E-state index contributed by atoms with van der Waals surface area (Å²) in [6.45, 7) is 2.42. The van der Waals surface area contributed by atoms with Gasteiger partial charge in [0.25, 0.3) is 0 Å². The quantitative estimate of drug-likeness (QED) is 0.898. The van der Waals surface area contributed by atoms with Crippen molar-refractivity contribution in [1.29, 1.82) is 0 Å². The largest absolute Gasteiger partial charge is 0.477 e. The number of pyridine rings is 2. The van der Waals surface area contributed by atoms with Gasteiger partial charge in [0, 0.05) is 12.7 Å². The summed E-state index contributed by atoms with van der Waals surface area (Å²) in [5.74, 6) is -1.98. The molecule has 18 heavy (non-hydrogen) atoms. The first-order chi connectivity index (χ1) is 8.54. The Kier molecular flexibility index (Phi) is 3.10. The summed E-state index contributed by atoms with van der Waals surface area (Å²) in [4.78, 5) is 26.7. The lowest BCUT2D eigenvalue weighted by atomic mass is 10.2. The average Bonchev–Trinajstić information content (AvgIpc) is 2.32. The molecule has 0 aliphatic rings. The second-order valence-corrected chi connectivity index (χ2v) is 3.90. The first-order valence-electron chi connectivity index (χ1n) is 5.46. The molecule has 0 radical (unpaired) electrons. The van der Waals surface area contributed by atoms with Gasteiger partial charge in [0.05, 0.1) is 11.6 Å². The molecule has 0 fully saturated rings. The molecule has 2 rings (SSSR count). The highest BCUT2D eigenvalue weighted by Gasteiger charge is 2.15. The molecule has 0 saturated heterocycles. The van der Waals surface area contributed by atoms with Crippen molar-refractivity contribution in [2.24, 2.45) is 0 Å². The van der Waals surface area contributed by atoms with Crippen molar-refractivity contribution in [2.75, 3.05) is 0 Å². The Morgan fingerprint density at radius 2 is 2.28 bits per heavy atom. The molecule has 94 valence electrons. The molecule has 2 aromatic heterocycles. The smallest absolute Gasteiger partial charge is 0.341 e. The van der Waals surface area contributed by atoms with Crippen molar-refractivity contribution in [1.82, 2.24) is 9.55 Å². The van der Waals surface area contributed by atoms with Crippen LogP contribution in [-0.2, 0) is 6.54 Å². The van der Waals surface area contributed by atoms with Gasteiger partial charge in [0.1, 0.15) is 17.0 Å². The summed E-state index contributed by atoms with van der Waals surface area (Å²) in [5, 5.41) is 8.95. The van der Waals surface area contributed by atoms with E-state index < -0.39 is 17.2 Å². The molecule has 2 heterocycles. The van der Waals surface area contributed by atoms with Gasteiger partial charge >= 0.3 is 5.97 Å². The van der Waals surface area contributed by atoms with Crippen molar-refractivity contribution < 1.29 is 14.3 Å². The van der Waals surface area contributed by atoms with Crippen molar-refractivity contribution in [3.63, 3.8) is 0 Å². The van der Waals surface area contributed by atoms with Crippen molar-refractivity contribution in [3.8, 4) is 0 Å². The Morgan fingerprint density at radius 3 is 2.89 bits per heavy atom. The molecule has 1 N–H and O–H groups in total. The Bertz CT molecular complexity index is 679. The zero-order chi connectivity index (χ0) is 13.3. The number of carboxylic acids is 1. The molecule has 0 amide bonds. The number of aromatic nitrogens is 2. The van der Waals surface area contributed by atoms with Crippen LogP contribution in [0.3, 0.4) is 0 Å². The van der Waals surface area contributed by atoms with Crippen LogP contribution in [0.15, 0.2) is 23.3 Å². The molecule has 0 spiro atoms. The van der Waals surface area contributed by atoms with Crippen molar-refractivity contribution in [3.05, 3.63) is 40.1 Å². The molecular weight excluding hydrogens is 239 g/mol. The minimum atomic E-state index is -1.32. The molecule has 0 atom stereocenters. The third-order valence-electron chi connectivity index (χ3n) is 2.57. The molecule has 2 aromatic rings. The number of carboxylic acid groups (broad SMARTS) is 1. The zero-order valence-electron chi connectivity index (χ0n) is 9.68. The van der Waals surface area contributed by atoms with E-state index in [2.05, 4.69) is 4.98 Å². The monoisotopic (exact) mass is 250 g/mol. The SMILES string of the molecule is CCCn1cc(C(=O)O)c(=O)c2cc(F)cnc21. The highest BCUT2D eigenvalue weighted by Crippen LogP contribution is 2.11. The fourth-order valence-electron chi connectivity index (χ4n) is 1.81. The number of hydrogen-bond acceptors (Lipinski definition) is 3. The third-order valence-corrected chi connectivity index (χ3v) is 2.57. The molecule has 0 aliphatic heterocycles. The number of carbonyl (C=O) groups is 1. The zero-order valence-corrected chi connectivity index (χ0v) is 9.68. The predicted molar refractivity (Wildman–Crippen MR) is 63.2 cm³/mol. The van der Waals surface area contributed by atoms with Gasteiger partial charge in [0.15, 0.2) is 0 Å². The van der Waals surface area contributed by atoms with E-state index in [0.29, 0.717) is 12.2 Å². The van der Waals surface area contributed by atoms with Crippen molar-refractivity contribution >= 4 is 17.0 Å². The van der Waals surface area contributed by atoms with E-state index in [1.165, 1.54) is 6.20 Å². The summed E-state index contributed by atoms with van der Waals surface area (Å²) in [7, 11) is 0. The maximum Gasteiger partial charge on any atom is 0.341 e. The molecular formula is C12H11FN2O3. The highest BCUT2D eigenvalue weighted by atomic mass is 19.1. The fraction of sp³-hybridized carbons (Fsp3) is 0.250. The first-order valence-corrected chi connectivity index (χ1v) is 5.46. The van der Waals surface area contributed by atoms with Gasteiger partial charge in [-0.25, -0.2) is 14.2 Å². The normalized spacial score (nSPS) is 10.8. The maximum atomic E-state index is 13.1. The van der Waals surface area contributed by atoms with Gasteiger partial charge in [-0.1, -0.05) is 6.92 Å². The molecule has 0 aromatic carbocycles. The number of fused-ring (bicyclic) bond motifs is 1. The molecule has 0 bridgehead atoms. The summed E-state index contributed by atoms with van der Waals surface area (Å²) in [5.41, 5.74) is -0.784. The Morgan fingerprint density at radius 1 is 1.56 bits per heavy atom. The highest BCUT2D eigenvalue weighted by molar-refractivity contribution is 5.91. The van der Waals surface area contributed by atoms with Crippen LogP contribution < -0.4 is 5.43 Å². The van der Waals surface area contributed by atoms with Crippen LogP contribution in [0.5, 0.6) is 0 Å². The molecule has 0 aliphatic carbocycles. The van der Waals surface area contributed by atoms with E-state index in [-0.39, 0.29) is 10.9 Å². The van der Waals surface area contributed by atoms with Crippen LogP contribution in [0.1, 0.15) is 23.7 Å². The van der Waals surface area contributed by atoms with E-state index in [9.17, 15) is 14.0 Å². The van der Waals surface area contributed by atoms with E-state index in [1.807, 2.05) is 6.92 Å². The minimum Gasteiger partial charge on any atom is -0.477 e. The number of aromatic carboxylic acids is 1. The standard InChI is InChI=1S/C12H11FN2O3/c1-2-3-15-6-9(12(17)18)10(16)8-4-7(13)5-14-11(8)15/h4-6H,2-3H2,1H3,(H,17,18). The Balaban J connectivity index is 2.87. The average molecular weight is 250 g/mol. The van der Waals surface area contributed by atoms with Gasteiger partial charge < -0.3 is 9.67 Å². The minimum absolute atomic E-state index is 0.0108. The lowest BCUT2D eigenvalue weighted by Gasteiger charge is -2.09. The second kappa shape index (κ2) is 4.56. The summed E-state index contributed by atoms with van der Waals surface area (Å²) < 4.78 is 14.7. The fourth-order valence-corrected chi connectivity index (χ4v) is 1.81. The predicted octanol–water partition coefficient (Wildman–Crippen LogP) is 1.64. The summed E-state index contributed by atoms with van der Waals surface area (Å²) >= 11 is 0. The molecule has 0 unspecified atom stereocenters. The van der Waals surface area contributed by atoms with Crippen LogP contribution in [0.2, 0.25) is 0 Å². The van der Waals surface area contributed by atoms with Gasteiger partial charge in [-0.05, 0) is 12.5 Å². The number of aryl methyl sites for hydroxylation is 1. The number of hydrogen-bond donors (Lipinski definition) is 1. The van der Waals surface area contributed by atoms with E-state index >= 15 is 0 Å². The summed E-state index contributed by atoms with van der Waals surface area (Å²) in [6, 6.07) is 1.02. The van der Waals surface area contributed by atoms with Gasteiger partial charge in [-0.2, -0.15) is 0 Å². The summed E-state index contributed by atoms with van der Waals surface area (Å²) in [6.07, 6.45) is 3.01. The molecule has 6 heteroatoms. The van der Waals surface area contributed by atoms with Gasteiger partial charge in [-0.3, -0.25) is 4.79 Å². The first kappa shape index (κ1) is 12.2. The van der Waals surface area contributed by atoms with E-state index in [4.69, 9.17) is 5.11 Å². The number of nitrogens with zero attached hydrogens (tertiary/aromatic N) is 2. The third kappa shape index (κ3) is 1.97.